The van der Waals surface area contributed by atoms with Crippen LogP contribution < -0.4 is 4.74 Å². The molecule has 0 saturated carbocycles. The zero-order valence-electron chi connectivity index (χ0n) is 11.2. The lowest BCUT2D eigenvalue weighted by molar-refractivity contribution is 0.280. The van der Waals surface area contributed by atoms with Gasteiger partial charge >= 0.3 is 0 Å². The largest absolute Gasteiger partial charge is 0.485 e. The fourth-order valence-electron chi connectivity index (χ4n) is 2.56. The second kappa shape index (κ2) is 4.75. The first kappa shape index (κ1) is 12.9. The number of ether oxygens (including phenoxy) is 1. The highest BCUT2D eigenvalue weighted by atomic mass is 19.1. The van der Waals surface area contributed by atoms with Gasteiger partial charge in [-0.05, 0) is 23.6 Å². The first-order chi connectivity index (χ1) is 9.67. The van der Waals surface area contributed by atoms with Crippen molar-refractivity contribution in [3.05, 3.63) is 59.2 Å². The zero-order valence-corrected chi connectivity index (χ0v) is 11.2. The Morgan fingerprint density at radius 2 is 1.90 bits per heavy atom. The van der Waals surface area contributed by atoms with Crippen molar-refractivity contribution in [3.8, 4) is 16.9 Å². The van der Waals surface area contributed by atoms with Gasteiger partial charge in [-0.2, -0.15) is 0 Å². The molecule has 102 valence electrons. The van der Waals surface area contributed by atoms with E-state index in [0.717, 1.165) is 0 Å². The summed E-state index contributed by atoms with van der Waals surface area (Å²) >= 11 is 0. The van der Waals surface area contributed by atoms with Gasteiger partial charge in [-0.25, -0.2) is 8.78 Å². The summed E-state index contributed by atoms with van der Waals surface area (Å²) in [7, 11) is 0. The Kier molecular flexibility index (Phi) is 3.05. The monoisotopic (exact) mass is 272 g/mol. The lowest BCUT2D eigenvalue weighted by Crippen LogP contribution is -2.11. The summed E-state index contributed by atoms with van der Waals surface area (Å²) in [5.41, 5.74) is 2.84. The van der Waals surface area contributed by atoms with Crippen molar-refractivity contribution in [2.75, 3.05) is 0 Å². The van der Waals surface area contributed by atoms with Crippen LogP contribution >= 0.6 is 0 Å². The predicted octanol–water partition coefficient (Wildman–Crippen LogP) is 4.73. The van der Waals surface area contributed by atoms with E-state index in [4.69, 9.17) is 4.74 Å². The van der Waals surface area contributed by atoms with E-state index < -0.39 is 5.82 Å². The molecule has 1 aliphatic rings. The summed E-state index contributed by atoms with van der Waals surface area (Å²) in [5, 5.41) is 0. The van der Waals surface area contributed by atoms with Crippen LogP contribution in [-0.4, -0.2) is 0 Å². The molecule has 0 bridgehead atoms. The van der Waals surface area contributed by atoms with E-state index in [0.29, 0.717) is 34.2 Å². The quantitative estimate of drug-likeness (QED) is 0.768. The van der Waals surface area contributed by atoms with Crippen LogP contribution in [0.5, 0.6) is 5.75 Å². The first-order valence-corrected chi connectivity index (χ1v) is 6.55. The van der Waals surface area contributed by atoms with Crippen molar-refractivity contribution < 1.29 is 13.5 Å². The van der Waals surface area contributed by atoms with Crippen LogP contribution in [-0.2, 0) is 13.0 Å². The third-order valence-electron chi connectivity index (χ3n) is 3.70. The van der Waals surface area contributed by atoms with E-state index >= 15 is 0 Å². The number of rotatable bonds is 2. The molecule has 1 nitrogen and oxygen atoms in total. The molecule has 0 unspecified atom stereocenters. The lowest BCUT2D eigenvalue weighted by atomic mass is 9.93. The van der Waals surface area contributed by atoms with Crippen LogP contribution in [0.2, 0.25) is 0 Å². The summed E-state index contributed by atoms with van der Waals surface area (Å²) in [5.74, 6) is -0.509. The number of fused-ring (bicyclic) bond motifs is 3. The van der Waals surface area contributed by atoms with Gasteiger partial charge in [0.2, 0.25) is 0 Å². The third-order valence-corrected chi connectivity index (χ3v) is 3.70. The van der Waals surface area contributed by atoms with Gasteiger partial charge in [0.1, 0.15) is 12.4 Å². The van der Waals surface area contributed by atoms with Gasteiger partial charge in [-0.1, -0.05) is 37.8 Å². The topological polar surface area (TPSA) is 9.23 Å². The number of halogens is 2. The van der Waals surface area contributed by atoms with E-state index in [1.54, 1.807) is 18.2 Å². The molecule has 1 heterocycles. The summed E-state index contributed by atoms with van der Waals surface area (Å²) in [6.45, 7) is 5.52. The summed E-state index contributed by atoms with van der Waals surface area (Å²) in [6.07, 6.45) is 2.06. The van der Waals surface area contributed by atoms with Gasteiger partial charge in [0.05, 0.1) is 0 Å². The molecule has 0 spiro atoms. The third kappa shape index (κ3) is 1.73. The molecule has 0 aromatic heterocycles. The molecule has 3 rings (SSSR count). The highest BCUT2D eigenvalue weighted by Gasteiger charge is 2.25. The fourth-order valence-corrected chi connectivity index (χ4v) is 2.56. The molecule has 0 fully saturated rings. The SMILES string of the molecule is C=Cc1ccc2c(c1F)OCc1c-2ccc(CC)c1F. The van der Waals surface area contributed by atoms with Gasteiger partial charge in [-0.15, -0.1) is 0 Å². The Morgan fingerprint density at radius 1 is 1.15 bits per heavy atom. The molecular formula is C17H14F2O. The van der Waals surface area contributed by atoms with E-state index in [9.17, 15) is 8.78 Å². The van der Waals surface area contributed by atoms with Crippen LogP contribution in [0.1, 0.15) is 23.6 Å². The van der Waals surface area contributed by atoms with E-state index in [2.05, 4.69) is 6.58 Å². The van der Waals surface area contributed by atoms with Crippen LogP contribution in [0.3, 0.4) is 0 Å². The minimum Gasteiger partial charge on any atom is -0.485 e. The second-order valence-corrected chi connectivity index (χ2v) is 4.76. The Hall–Kier alpha value is -2.16. The van der Waals surface area contributed by atoms with Crippen molar-refractivity contribution >= 4 is 6.08 Å². The molecule has 0 saturated heterocycles. The number of aryl methyl sites for hydroxylation is 1. The average molecular weight is 272 g/mol. The number of benzene rings is 2. The zero-order chi connectivity index (χ0) is 14.3. The average Bonchev–Trinajstić information content (AvgIpc) is 2.48. The molecule has 20 heavy (non-hydrogen) atoms. The smallest absolute Gasteiger partial charge is 0.172 e. The van der Waals surface area contributed by atoms with Crippen molar-refractivity contribution in [3.63, 3.8) is 0 Å². The molecule has 3 heteroatoms. The lowest BCUT2D eigenvalue weighted by Gasteiger charge is -2.23. The molecule has 0 aliphatic carbocycles. The Labute approximate surface area is 116 Å². The number of hydrogen-bond acceptors (Lipinski definition) is 1. The maximum absolute atomic E-state index is 14.3. The van der Waals surface area contributed by atoms with E-state index in [1.807, 2.05) is 13.0 Å². The molecule has 2 aromatic rings. The molecule has 0 atom stereocenters. The van der Waals surface area contributed by atoms with Crippen LogP contribution in [0.4, 0.5) is 8.78 Å². The predicted molar refractivity (Wildman–Crippen MR) is 75.6 cm³/mol. The van der Waals surface area contributed by atoms with Crippen molar-refractivity contribution in [1.82, 2.24) is 0 Å². The summed E-state index contributed by atoms with van der Waals surface area (Å²) in [6, 6.07) is 6.97. The van der Waals surface area contributed by atoms with Gasteiger partial charge in [0, 0.05) is 16.7 Å². The molecule has 0 N–H and O–H groups in total. The summed E-state index contributed by atoms with van der Waals surface area (Å²) in [4.78, 5) is 0. The van der Waals surface area contributed by atoms with E-state index in [1.165, 1.54) is 6.08 Å². The molecule has 0 radical (unpaired) electrons. The van der Waals surface area contributed by atoms with Crippen molar-refractivity contribution in [2.45, 2.75) is 20.0 Å². The fraction of sp³-hybridized carbons (Fsp3) is 0.176. The Balaban J connectivity index is 2.25. The van der Waals surface area contributed by atoms with Crippen LogP contribution in [0.25, 0.3) is 17.2 Å². The van der Waals surface area contributed by atoms with Crippen LogP contribution in [0.15, 0.2) is 30.8 Å². The normalized spacial score (nSPS) is 12.3. The standard InChI is InChI=1S/C17H14F2O/c1-3-10-5-7-12-13-8-6-11(4-2)16(19)17(13)20-9-14(12)15(10)18/h4-8H,2-3,9H2,1H3. The Bertz CT molecular complexity index is 705. The molecular weight excluding hydrogens is 258 g/mol. The highest BCUT2D eigenvalue weighted by molar-refractivity contribution is 5.77. The minimum atomic E-state index is -0.442. The highest BCUT2D eigenvalue weighted by Crippen LogP contribution is 2.41. The molecule has 1 aliphatic heterocycles. The van der Waals surface area contributed by atoms with Gasteiger partial charge in [0.25, 0.3) is 0 Å². The second-order valence-electron chi connectivity index (χ2n) is 4.76. The maximum Gasteiger partial charge on any atom is 0.172 e. The van der Waals surface area contributed by atoms with Crippen LogP contribution in [0, 0.1) is 11.6 Å². The number of hydrogen-bond donors (Lipinski definition) is 0. The molecule has 0 amide bonds. The Morgan fingerprint density at radius 3 is 2.60 bits per heavy atom. The first-order valence-electron chi connectivity index (χ1n) is 6.55. The van der Waals surface area contributed by atoms with Gasteiger partial charge in [-0.3, -0.25) is 0 Å². The van der Waals surface area contributed by atoms with Gasteiger partial charge < -0.3 is 4.74 Å². The van der Waals surface area contributed by atoms with Gasteiger partial charge in [0.15, 0.2) is 11.6 Å². The molecule has 2 aromatic carbocycles. The minimum absolute atomic E-state index is 0.0551. The van der Waals surface area contributed by atoms with E-state index in [-0.39, 0.29) is 18.2 Å². The summed E-state index contributed by atoms with van der Waals surface area (Å²) < 4.78 is 34.0. The van der Waals surface area contributed by atoms with Crippen molar-refractivity contribution in [2.24, 2.45) is 0 Å². The maximum atomic E-state index is 14.3. The van der Waals surface area contributed by atoms with Crippen molar-refractivity contribution in [1.29, 1.82) is 0 Å².